The first-order valence-electron chi connectivity index (χ1n) is 9.19. The maximum absolute atomic E-state index is 6.10. The fraction of sp³-hybridized carbons (Fsp3) is 0.450. The molecule has 6 nitrogen and oxygen atoms in total. The van der Waals surface area contributed by atoms with Gasteiger partial charge in [0.1, 0.15) is 17.1 Å². The minimum absolute atomic E-state index is 0.246. The van der Waals surface area contributed by atoms with E-state index in [2.05, 4.69) is 47.7 Å². The van der Waals surface area contributed by atoms with Crippen molar-refractivity contribution in [1.29, 1.82) is 0 Å². The highest BCUT2D eigenvalue weighted by atomic mass is 16.5. The van der Waals surface area contributed by atoms with E-state index in [0.717, 1.165) is 54.1 Å². The van der Waals surface area contributed by atoms with Crippen molar-refractivity contribution in [3.05, 3.63) is 41.3 Å². The number of nitrogen functional groups attached to an aromatic ring is 1. The van der Waals surface area contributed by atoms with E-state index < -0.39 is 0 Å². The van der Waals surface area contributed by atoms with Gasteiger partial charge < -0.3 is 15.0 Å². The van der Waals surface area contributed by atoms with E-state index in [4.69, 9.17) is 15.5 Å². The van der Waals surface area contributed by atoms with E-state index in [-0.39, 0.29) is 5.92 Å². The molecule has 2 N–H and O–H groups in total. The second kappa shape index (κ2) is 7.72. The Kier molecular flexibility index (Phi) is 5.40. The van der Waals surface area contributed by atoms with Crippen LogP contribution in [0.4, 0.5) is 5.82 Å². The smallest absolute Gasteiger partial charge is 0.174 e. The Morgan fingerprint density at radius 2 is 1.88 bits per heavy atom. The summed E-state index contributed by atoms with van der Waals surface area (Å²) in [5.74, 6) is 2.54. The highest BCUT2D eigenvalue weighted by molar-refractivity contribution is 5.87. The molecule has 2 aromatic heterocycles. The second-order valence-electron chi connectivity index (χ2n) is 6.89. The molecular formula is C20H27N5O. The van der Waals surface area contributed by atoms with Gasteiger partial charge in [0.15, 0.2) is 5.82 Å². The van der Waals surface area contributed by atoms with E-state index in [1.165, 1.54) is 5.56 Å². The number of ether oxygens (including phenoxy) is 1. The number of nitrogens with two attached hydrogens (primary N) is 1. The Balaban J connectivity index is 2.13. The number of anilines is 1. The second-order valence-corrected chi connectivity index (χ2v) is 6.89. The van der Waals surface area contributed by atoms with Gasteiger partial charge in [0, 0.05) is 13.0 Å². The average molecular weight is 353 g/mol. The number of aromatic nitrogens is 4. The Labute approximate surface area is 154 Å². The minimum Gasteiger partial charge on any atom is -0.497 e. The number of benzene rings is 1. The lowest BCUT2D eigenvalue weighted by molar-refractivity contribution is 0.414. The van der Waals surface area contributed by atoms with Gasteiger partial charge in [0.2, 0.25) is 0 Å². The summed E-state index contributed by atoms with van der Waals surface area (Å²) >= 11 is 0. The first-order chi connectivity index (χ1) is 12.5. The first kappa shape index (κ1) is 18.2. The third-order valence-electron chi connectivity index (χ3n) is 4.60. The van der Waals surface area contributed by atoms with Gasteiger partial charge in [0.05, 0.1) is 18.3 Å². The average Bonchev–Trinajstić information content (AvgIpc) is 3.00. The molecule has 0 aliphatic heterocycles. The zero-order valence-corrected chi connectivity index (χ0v) is 16.0. The molecule has 0 bridgehead atoms. The molecule has 6 heteroatoms. The van der Waals surface area contributed by atoms with E-state index in [9.17, 15) is 0 Å². The van der Waals surface area contributed by atoms with E-state index in [1.54, 1.807) is 7.11 Å². The van der Waals surface area contributed by atoms with Crippen LogP contribution in [0.15, 0.2) is 24.3 Å². The molecule has 0 saturated heterocycles. The standard InChI is InChI=1S/C20H27N5O/c1-5-6-7-16-22-18-19(17(13(2)3)23-24-20(18)21)25(16)12-14-8-10-15(26-4)11-9-14/h8-11,13H,5-7,12H2,1-4H3,(H2,21,24). The summed E-state index contributed by atoms with van der Waals surface area (Å²) in [5.41, 5.74) is 10.0. The van der Waals surface area contributed by atoms with Crippen LogP contribution in [0.2, 0.25) is 0 Å². The lowest BCUT2D eigenvalue weighted by Crippen LogP contribution is -2.09. The van der Waals surface area contributed by atoms with Crippen molar-refractivity contribution < 1.29 is 4.74 Å². The van der Waals surface area contributed by atoms with Crippen LogP contribution >= 0.6 is 0 Å². The summed E-state index contributed by atoms with van der Waals surface area (Å²) in [4.78, 5) is 4.83. The lowest BCUT2D eigenvalue weighted by Gasteiger charge is -2.13. The predicted octanol–water partition coefficient (Wildman–Crippen LogP) is 3.93. The molecule has 1 aromatic carbocycles. The fourth-order valence-corrected chi connectivity index (χ4v) is 3.14. The Bertz CT molecular complexity index is 883. The number of unbranched alkanes of at least 4 members (excludes halogenated alkanes) is 1. The van der Waals surface area contributed by atoms with Gasteiger partial charge in [-0.2, -0.15) is 5.10 Å². The third-order valence-corrected chi connectivity index (χ3v) is 4.60. The van der Waals surface area contributed by atoms with Crippen molar-refractivity contribution >= 4 is 16.9 Å². The van der Waals surface area contributed by atoms with Crippen molar-refractivity contribution in [3.63, 3.8) is 0 Å². The van der Waals surface area contributed by atoms with Crippen molar-refractivity contribution in [3.8, 4) is 5.75 Å². The monoisotopic (exact) mass is 353 g/mol. The number of hydrogen-bond donors (Lipinski definition) is 1. The summed E-state index contributed by atoms with van der Waals surface area (Å²) in [6.07, 6.45) is 3.12. The summed E-state index contributed by atoms with van der Waals surface area (Å²) < 4.78 is 7.52. The van der Waals surface area contributed by atoms with Gasteiger partial charge >= 0.3 is 0 Å². The van der Waals surface area contributed by atoms with Crippen LogP contribution < -0.4 is 10.5 Å². The molecule has 0 spiro atoms. The topological polar surface area (TPSA) is 78.9 Å². The molecule has 0 amide bonds. The van der Waals surface area contributed by atoms with Crippen LogP contribution in [-0.2, 0) is 13.0 Å². The summed E-state index contributed by atoms with van der Waals surface area (Å²) in [6, 6.07) is 8.14. The van der Waals surface area contributed by atoms with Crippen molar-refractivity contribution in [2.75, 3.05) is 12.8 Å². The van der Waals surface area contributed by atoms with E-state index in [1.807, 2.05) is 12.1 Å². The largest absolute Gasteiger partial charge is 0.497 e. The van der Waals surface area contributed by atoms with Crippen LogP contribution in [0.3, 0.4) is 0 Å². The van der Waals surface area contributed by atoms with Crippen molar-refractivity contribution in [2.45, 2.75) is 52.5 Å². The number of aryl methyl sites for hydroxylation is 1. The molecule has 138 valence electrons. The van der Waals surface area contributed by atoms with Crippen LogP contribution in [-0.4, -0.2) is 26.9 Å². The number of hydrogen-bond acceptors (Lipinski definition) is 5. The normalized spacial score (nSPS) is 11.4. The number of nitrogens with zero attached hydrogens (tertiary/aromatic N) is 4. The van der Waals surface area contributed by atoms with Crippen LogP contribution in [0.1, 0.15) is 56.6 Å². The zero-order valence-electron chi connectivity index (χ0n) is 16.0. The Hall–Kier alpha value is -2.63. The highest BCUT2D eigenvalue weighted by Crippen LogP contribution is 2.28. The lowest BCUT2D eigenvalue weighted by atomic mass is 10.1. The molecule has 26 heavy (non-hydrogen) atoms. The highest BCUT2D eigenvalue weighted by Gasteiger charge is 2.20. The van der Waals surface area contributed by atoms with Crippen molar-refractivity contribution in [2.24, 2.45) is 0 Å². The van der Waals surface area contributed by atoms with Crippen LogP contribution in [0.25, 0.3) is 11.0 Å². The fourth-order valence-electron chi connectivity index (χ4n) is 3.14. The molecule has 3 aromatic rings. The summed E-state index contributed by atoms with van der Waals surface area (Å²) in [5, 5.41) is 8.50. The van der Waals surface area contributed by atoms with Gasteiger partial charge in [-0.1, -0.05) is 39.3 Å². The minimum atomic E-state index is 0.246. The predicted molar refractivity (Wildman–Crippen MR) is 105 cm³/mol. The maximum atomic E-state index is 6.10. The summed E-state index contributed by atoms with van der Waals surface area (Å²) in [7, 11) is 1.68. The van der Waals surface area contributed by atoms with Gasteiger partial charge in [-0.25, -0.2) is 4.98 Å². The van der Waals surface area contributed by atoms with Crippen LogP contribution in [0.5, 0.6) is 5.75 Å². The zero-order chi connectivity index (χ0) is 18.7. The molecule has 0 unspecified atom stereocenters. The number of fused-ring (bicyclic) bond motifs is 1. The molecule has 0 atom stereocenters. The molecule has 0 aliphatic carbocycles. The Morgan fingerprint density at radius 1 is 1.15 bits per heavy atom. The number of rotatable bonds is 7. The van der Waals surface area contributed by atoms with Crippen molar-refractivity contribution in [1.82, 2.24) is 19.7 Å². The molecule has 0 saturated carbocycles. The van der Waals surface area contributed by atoms with E-state index in [0.29, 0.717) is 5.82 Å². The third kappa shape index (κ3) is 3.49. The quantitative estimate of drug-likeness (QED) is 0.696. The van der Waals surface area contributed by atoms with Crippen LogP contribution in [0, 0.1) is 0 Å². The first-order valence-corrected chi connectivity index (χ1v) is 9.19. The Morgan fingerprint density at radius 3 is 2.50 bits per heavy atom. The molecule has 0 aliphatic rings. The van der Waals surface area contributed by atoms with E-state index >= 15 is 0 Å². The SMILES string of the molecule is CCCCc1nc2c(N)nnc(C(C)C)c2n1Cc1ccc(OC)cc1. The maximum Gasteiger partial charge on any atom is 0.174 e. The molecular weight excluding hydrogens is 326 g/mol. The van der Waals surface area contributed by atoms with Gasteiger partial charge in [-0.05, 0) is 30.0 Å². The number of imidazole rings is 1. The number of methoxy groups -OCH3 is 1. The summed E-state index contributed by atoms with van der Waals surface area (Å²) in [6.45, 7) is 7.16. The molecule has 0 radical (unpaired) electrons. The molecule has 3 rings (SSSR count). The molecule has 2 heterocycles. The van der Waals surface area contributed by atoms with Gasteiger partial charge in [0.25, 0.3) is 0 Å². The molecule has 0 fully saturated rings. The van der Waals surface area contributed by atoms with Gasteiger partial charge in [-0.15, -0.1) is 5.10 Å². The van der Waals surface area contributed by atoms with Gasteiger partial charge in [-0.3, -0.25) is 0 Å².